The highest BCUT2D eigenvalue weighted by atomic mass is 19.1. The molecule has 0 bridgehead atoms. The van der Waals surface area contributed by atoms with Gasteiger partial charge in [-0.05, 0) is 48.8 Å². The van der Waals surface area contributed by atoms with Crippen molar-refractivity contribution < 1.29 is 8.78 Å². The highest BCUT2D eigenvalue weighted by molar-refractivity contribution is 5.28. The molecule has 0 aliphatic heterocycles. The Morgan fingerprint density at radius 1 is 1.20 bits per heavy atom. The average Bonchev–Trinajstić information content (AvgIpc) is 2.37. The van der Waals surface area contributed by atoms with Gasteiger partial charge in [-0.1, -0.05) is 33.3 Å². The maximum Gasteiger partial charge on any atom is 0.129 e. The van der Waals surface area contributed by atoms with Crippen LogP contribution in [0.4, 0.5) is 8.78 Å². The summed E-state index contributed by atoms with van der Waals surface area (Å²) in [6.45, 7) is 6.43. The molecule has 3 atom stereocenters. The second kappa shape index (κ2) is 5.80. The van der Waals surface area contributed by atoms with Gasteiger partial charge in [-0.25, -0.2) is 8.78 Å². The van der Waals surface area contributed by atoms with Crippen LogP contribution >= 0.6 is 0 Å². The van der Waals surface area contributed by atoms with E-state index in [9.17, 15) is 8.78 Å². The van der Waals surface area contributed by atoms with E-state index >= 15 is 0 Å². The molecule has 3 unspecified atom stereocenters. The number of hydrogen-bond acceptors (Lipinski definition) is 1. The molecule has 0 aromatic heterocycles. The lowest BCUT2D eigenvalue weighted by Gasteiger charge is -2.44. The van der Waals surface area contributed by atoms with Gasteiger partial charge in [0.15, 0.2) is 0 Å². The predicted molar refractivity (Wildman–Crippen MR) is 78.7 cm³/mol. The first-order valence-corrected chi connectivity index (χ1v) is 7.49. The van der Waals surface area contributed by atoms with Crippen LogP contribution in [0.25, 0.3) is 0 Å². The van der Waals surface area contributed by atoms with Gasteiger partial charge in [-0.2, -0.15) is 0 Å². The summed E-state index contributed by atoms with van der Waals surface area (Å²) >= 11 is 0. The van der Waals surface area contributed by atoms with Crippen LogP contribution in [0.2, 0.25) is 0 Å². The van der Waals surface area contributed by atoms with E-state index in [4.69, 9.17) is 0 Å². The number of rotatable bonds is 3. The van der Waals surface area contributed by atoms with Gasteiger partial charge in [0.2, 0.25) is 0 Å². The van der Waals surface area contributed by atoms with Crippen LogP contribution in [0.5, 0.6) is 0 Å². The SMILES string of the molecule is CNC1CC(C)CCC1C(C)(C)c1ccc(F)cc1F. The zero-order valence-corrected chi connectivity index (χ0v) is 12.8. The summed E-state index contributed by atoms with van der Waals surface area (Å²) in [4.78, 5) is 0. The summed E-state index contributed by atoms with van der Waals surface area (Å²) in [5.74, 6) is 0.134. The molecule has 0 heterocycles. The molecule has 0 amide bonds. The second-order valence-corrected chi connectivity index (χ2v) is 6.77. The minimum Gasteiger partial charge on any atom is -0.317 e. The third-order valence-corrected chi connectivity index (χ3v) is 5.04. The van der Waals surface area contributed by atoms with Crippen molar-refractivity contribution in [3.05, 3.63) is 35.4 Å². The number of nitrogens with one attached hydrogen (secondary N) is 1. The molecule has 112 valence electrons. The first kappa shape index (κ1) is 15.4. The van der Waals surface area contributed by atoms with Crippen molar-refractivity contribution in [2.75, 3.05) is 7.05 Å². The number of benzene rings is 1. The van der Waals surface area contributed by atoms with Crippen molar-refractivity contribution >= 4 is 0 Å². The maximum absolute atomic E-state index is 14.1. The zero-order chi connectivity index (χ0) is 14.9. The molecule has 0 radical (unpaired) electrons. The van der Waals surface area contributed by atoms with Crippen molar-refractivity contribution in [2.45, 2.75) is 51.5 Å². The molecule has 1 aliphatic rings. The molecule has 1 saturated carbocycles. The smallest absolute Gasteiger partial charge is 0.129 e. The van der Waals surface area contributed by atoms with Crippen molar-refractivity contribution in [3.63, 3.8) is 0 Å². The fourth-order valence-electron chi connectivity index (χ4n) is 3.78. The molecule has 1 aliphatic carbocycles. The fraction of sp³-hybridized carbons (Fsp3) is 0.647. The van der Waals surface area contributed by atoms with Gasteiger partial charge < -0.3 is 5.32 Å². The lowest BCUT2D eigenvalue weighted by atomic mass is 9.63. The molecule has 0 spiro atoms. The summed E-state index contributed by atoms with van der Waals surface area (Å²) in [5, 5.41) is 3.39. The zero-order valence-electron chi connectivity index (χ0n) is 12.8. The molecular weight excluding hydrogens is 256 g/mol. The minimum atomic E-state index is -0.510. The Morgan fingerprint density at radius 3 is 2.50 bits per heavy atom. The van der Waals surface area contributed by atoms with Gasteiger partial charge in [0, 0.05) is 12.1 Å². The molecule has 1 N–H and O–H groups in total. The summed E-state index contributed by atoms with van der Waals surface area (Å²) in [7, 11) is 1.98. The highest BCUT2D eigenvalue weighted by Crippen LogP contribution is 2.43. The third kappa shape index (κ3) is 2.88. The Labute approximate surface area is 120 Å². The largest absolute Gasteiger partial charge is 0.317 e. The van der Waals surface area contributed by atoms with E-state index in [-0.39, 0.29) is 5.41 Å². The van der Waals surface area contributed by atoms with Crippen LogP contribution in [0.15, 0.2) is 18.2 Å². The Kier molecular flexibility index (Phi) is 4.48. The summed E-state index contributed by atoms with van der Waals surface area (Å²) in [6, 6.07) is 4.35. The van der Waals surface area contributed by atoms with Crippen LogP contribution in [-0.2, 0) is 5.41 Å². The first-order valence-electron chi connectivity index (χ1n) is 7.49. The molecule has 20 heavy (non-hydrogen) atoms. The Bertz CT molecular complexity index is 470. The van der Waals surface area contributed by atoms with Gasteiger partial charge in [0.1, 0.15) is 11.6 Å². The molecule has 3 heteroatoms. The number of halogens is 2. The van der Waals surface area contributed by atoms with E-state index in [1.165, 1.54) is 12.5 Å². The summed E-state index contributed by atoms with van der Waals surface area (Å²) in [6.07, 6.45) is 3.37. The monoisotopic (exact) mass is 281 g/mol. The fourth-order valence-corrected chi connectivity index (χ4v) is 3.78. The van der Waals surface area contributed by atoms with Gasteiger partial charge >= 0.3 is 0 Å². The van der Waals surface area contributed by atoms with Gasteiger partial charge in [0.05, 0.1) is 0 Å². The van der Waals surface area contributed by atoms with E-state index in [0.29, 0.717) is 23.4 Å². The lowest BCUT2D eigenvalue weighted by molar-refractivity contribution is 0.148. The van der Waals surface area contributed by atoms with Crippen LogP contribution in [0.1, 0.15) is 45.6 Å². The van der Waals surface area contributed by atoms with E-state index in [1.807, 2.05) is 7.05 Å². The van der Waals surface area contributed by atoms with E-state index < -0.39 is 11.6 Å². The predicted octanol–water partition coefficient (Wildman–Crippen LogP) is 4.27. The molecule has 1 nitrogen and oxygen atoms in total. The van der Waals surface area contributed by atoms with Crippen molar-refractivity contribution in [1.29, 1.82) is 0 Å². The minimum absolute atomic E-state index is 0.300. The maximum atomic E-state index is 14.1. The van der Waals surface area contributed by atoms with Gasteiger partial charge in [0.25, 0.3) is 0 Å². The highest BCUT2D eigenvalue weighted by Gasteiger charge is 2.40. The normalized spacial score (nSPS) is 27.6. The molecule has 2 rings (SSSR count). The van der Waals surface area contributed by atoms with E-state index in [1.54, 1.807) is 6.07 Å². The molecular formula is C17H25F2N. The molecule has 1 fully saturated rings. The van der Waals surface area contributed by atoms with Gasteiger partial charge in [-0.15, -0.1) is 0 Å². The van der Waals surface area contributed by atoms with Crippen LogP contribution in [-0.4, -0.2) is 13.1 Å². The first-order chi connectivity index (χ1) is 9.36. The Balaban J connectivity index is 2.32. The van der Waals surface area contributed by atoms with Crippen LogP contribution < -0.4 is 5.32 Å². The van der Waals surface area contributed by atoms with Crippen molar-refractivity contribution in [3.8, 4) is 0 Å². The van der Waals surface area contributed by atoms with Crippen molar-refractivity contribution in [2.24, 2.45) is 11.8 Å². The second-order valence-electron chi connectivity index (χ2n) is 6.77. The average molecular weight is 281 g/mol. The topological polar surface area (TPSA) is 12.0 Å². The van der Waals surface area contributed by atoms with Gasteiger partial charge in [-0.3, -0.25) is 0 Å². The lowest BCUT2D eigenvalue weighted by Crippen LogP contribution is -2.47. The quantitative estimate of drug-likeness (QED) is 0.872. The Hall–Kier alpha value is -0.960. The third-order valence-electron chi connectivity index (χ3n) is 5.04. The molecule has 1 aromatic rings. The van der Waals surface area contributed by atoms with E-state index in [2.05, 4.69) is 26.1 Å². The molecule has 1 aromatic carbocycles. The summed E-state index contributed by atoms with van der Waals surface area (Å²) in [5.41, 5.74) is 0.324. The molecule has 0 saturated heterocycles. The van der Waals surface area contributed by atoms with Crippen LogP contribution in [0, 0.1) is 23.5 Å². The van der Waals surface area contributed by atoms with Crippen LogP contribution in [0.3, 0.4) is 0 Å². The van der Waals surface area contributed by atoms with E-state index in [0.717, 1.165) is 18.9 Å². The Morgan fingerprint density at radius 2 is 1.90 bits per heavy atom. The van der Waals surface area contributed by atoms with Crippen molar-refractivity contribution in [1.82, 2.24) is 5.32 Å². The summed E-state index contributed by atoms with van der Waals surface area (Å²) < 4.78 is 27.3. The standard InChI is InChI=1S/C17H25F2N/c1-11-5-7-14(16(9-11)20-4)17(2,3)13-8-6-12(18)10-15(13)19/h6,8,10-11,14,16,20H,5,7,9H2,1-4H3. The number of hydrogen-bond donors (Lipinski definition) is 1.